The second-order valence-corrected chi connectivity index (χ2v) is 4.45. The molecule has 112 valence electrons. The van der Waals surface area contributed by atoms with Crippen molar-refractivity contribution >= 4 is 12.2 Å². The Morgan fingerprint density at radius 1 is 1.09 bits per heavy atom. The summed E-state index contributed by atoms with van der Waals surface area (Å²) in [6, 6.07) is 11.4. The fourth-order valence-electron chi connectivity index (χ4n) is 1.99. The summed E-state index contributed by atoms with van der Waals surface area (Å²) in [6.07, 6.45) is 5.40. The summed E-state index contributed by atoms with van der Waals surface area (Å²) in [4.78, 5) is 4.21. The largest absolute Gasteiger partial charge is 0.490 e. The number of ether oxygens (including phenoxy) is 2. The fraction of sp³-hybridized carbons (Fsp3) is 0.222. The second-order valence-electron chi connectivity index (χ2n) is 4.45. The molecule has 0 aliphatic rings. The third-order valence-electron chi connectivity index (χ3n) is 2.96. The van der Waals surface area contributed by atoms with Crippen LogP contribution in [0.15, 0.2) is 36.5 Å². The van der Waals surface area contributed by atoms with E-state index >= 15 is 0 Å². The van der Waals surface area contributed by atoms with Gasteiger partial charge in [0.2, 0.25) is 0 Å². The van der Waals surface area contributed by atoms with E-state index in [9.17, 15) is 0 Å². The van der Waals surface area contributed by atoms with Crippen molar-refractivity contribution in [1.82, 2.24) is 4.98 Å². The van der Waals surface area contributed by atoms with Gasteiger partial charge in [0, 0.05) is 6.20 Å². The van der Waals surface area contributed by atoms with Gasteiger partial charge in [-0.15, -0.1) is 0 Å². The molecule has 1 aromatic carbocycles. The molecule has 4 heteroatoms. The minimum Gasteiger partial charge on any atom is -0.490 e. The smallest absolute Gasteiger partial charge is 0.161 e. The van der Waals surface area contributed by atoms with Crippen molar-refractivity contribution in [2.24, 2.45) is 0 Å². The minimum atomic E-state index is 0.551. The molecule has 1 aromatic heterocycles. The van der Waals surface area contributed by atoms with E-state index in [1.165, 1.54) is 0 Å². The van der Waals surface area contributed by atoms with Crippen LogP contribution < -0.4 is 9.47 Å². The molecule has 0 unspecified atom stereocenters. The predicted molar refractivity (Wildman–Crippen MR) is 86.7 cm³/mol. The van der Waals surface area contributed by atoms with Crippen molar-refractivity contribution in [1.29, 1.82) is 5.26 Å². The highest BCUT2D eigenvalue weighted by atomic mass is 16.5. The number of nitriles is 1. The van der Waals surface area contributed by atoms with E-state index in [1.807, 2.05) is 44.2 Å². The summed E-state index contributed by atoms with van der Waals surface area (Å²) >= 11 is 0. The molecule has 0 bridgehead atoms. The Morgan fingerprint density at radius 2 is 1.86 bits per heavy atom. The first-order chi connectivity index (χ1) is 10.8. The van der Waals surface area contributed by atoms with Gasteiger partial charge >= 0.3 is 0 Å². The Morgan fingerprint density at radius 3 is 2.59 bits per heavy atom. The molecule has 1 heterocycles. The molecule has 4 nitrogen and oxygen atoms in total. The number of hydrogen-bond donors (Lipinski definition) is 0. The molecule has 0 amide bonds. The summed E-state index contributed by atoms with van der Waals surface area (Å²) < 4.78 is 11.1. The first kappa shape index (κ1) is 15.6. The van der Waals surface area contributed by atoms with Gasteiger partial charge in [0.1, 0.15) is 6.07 Å². The van der Waals surface area contributed by atoms with Crippen LogP contribution in [0.1, 0.15) is 30.7 Å². The molecule has 22 heavy (non-hydrogen) atoms. The van der Waals surface area contributed by atoms with Crippen LogP contribution in [0.25, 0.3) is 12.2 Å². The Balaban J connectivity index is 2.27. The molecule has 0 fully saturated rings. The predicted octanol–water partition coefficient (Wildman–Crippen LogP) is 3.92. The van der Waals surface area contributed by atoms with Gasteiger partial charge < -0.3 is 9.47 Å². The van der Waals surface area contributed by atoms with Crippen molar-refractivity contribution in [2.45, 2.75) is 13.8 Å². The summed E-state index contributed by atoms with van der Waals surface area (Å²) in [7, 11) is 0. The van der Waals surface area contributed by atoms with Gasteiger partial charge in [-0.3, -0.25) is 4.98 Å². The van der Waals surface area contributed by atoms with E-state index < -0.39 is 0 Å². The van der Waals surface area contributed by atoms with Gasteiger partial charge in [0.25, 0.3) is 0 Å². The summed E-state index contributed by atoms with van der Waals surface area (Å²) in [5.74, 6) is 1.45. The highest BCUT2D eigenvalue weighted by Gasteiger charge is 2.05. The van der Waals surface area contributed by atoms with E-state index in [1.54, 1.807) is 18.3 Å². The van der Waals surface area contributed by atoms with Crippen LogP contribution >= 0.6 is 0 Å². The normalized spacial score (nSPS) is 10.4. The van der Waals surface area contributed by atoms with Crippen molar-refractivity contribution in [2.75, 3.05) is 13.2 Å². The van der Waals surface area contributed by atoms with Crippen molar-refractivity contribution in [3.05, 3.63) is 53.3 Å². The molecular formula is C18H18N2O2. The Labute approximate surface area is 130 Å². The zero-order chi connectivity index (χ0) is 15.8. The van der Waals surface area contributed by atoms with Crippen LogP contribution in [0.4, 0.5) is 0 Å². The Kier molecular flexibility index (Phi) is 5.56. The van der Waals surface area contributed by atoms with Gasteiger partial charge in [-0.1, -0.05) is 12.1 Å². The summed E-state index contributed by atoms with van der Waals surface area (Å²) in [6.45, 7) is 5.04. The van der Waals surface area contributed by atoms with Gasteiger partial charge in [-0.2, -0.15) is 5.26 Å². The molecule has 2 aromatic rings. The fourth-order valence-corrected chi connectivity index (χ4v) is 1.99. The number of pyridine rings is 1. The zero-order valence-corrected chi connectivity index (χ0v) is 12.7. The van der Waals surface area contributed by atoms with Gasteiger partial charge in [0.15, 0.2) is 11.5 Å². The first-order valence-electron chi connectivity index (χ1n) is 7.21. The van der Waals surface area contributed by atoms with Gasteiger partial charge in [0.05, 0.1) is 24.5 Å². The topological polar surface area (TPSA) is 55.1 Å². The van der Waals surface area contributed by atoms with Crippen molar-refractivity contribution < 1.29 is 9.47 Å². The lowest BCUT2D eigenvalue weighted by Gasteiger charge is -2.11. The molecule has 0 spiro atoms. The van der Waals surface area contributed by atoms with E-state index in [-0.39, 0.29) is 0 Å². The molecule has 0 saturated carbocycles. The van der Waals surface area contributed by atoms with E-state index in [2.05, 4.69) is 11.1 Å². The highest BCUT2D eigenvalue weighted by Crippen LogP contribution is 2.29. The number of benzene rings is 1. The zero-order valence-electron chi connectivity index (χ0n) is 12.7. The minimum absolute atomic E-state index is 0.551. The molecule has 0 aliphatic carbocycles. The maximum Gasteiger partial charge on any atom is 0.161 e. The van der Waals surface area contributed by atoms with E-state index in [0.29, 0.717) is 30.2 Å². The number of hydrogen-bond acceptors (Lipinski definition) is 4. The van der Waals surface area contributed by atoms with Crippen LogP contribution in [-0.4, -0.2) is 18.2 Å². The quantitative estimate of drug-likeness (QED) is 0.810. The molecule has 0 saturated heterocycles. The lowest BCUT2D eigenvalue weighted by molar-refractivity contribution is 0.287. The lowest BCUT2D eigenvalue weighted by atomic mass is 10.1. The highest BCUT2D eigenvalue weighted by molar-refractivity contribution is 5.71. The number of nitrogens with zero attached hydrogens (tertiary/aromatic N) is 2. The van der Waals surface area contributed by atoms with Crippen LogP contribution in [0.3, 0.4) is 0 Å². The average Bonchev–Trinajstić information content (AvgIpc) is 2.55. The summed E-state index contributed by atoms with van der Waals surface area (Å²) in [5.41, 5.74) is 2.16. The molecule has 0 radical (unpaired) electrons. The number of rotatable bonds is 6. The van der Waals surface area contributed by atoms with Crippen LogP contribution in [0.2, 0.25) is 0 Å². The Bertz CT molecular complexity index is 702. The maximum atomic E-state index is 9.06. The second kappa shape index (κ2) is 7.84. The van der Waals surface area contributed by atoms with Crippen LogP contribution in [0, 0.1) is 11.3 Å². The Hall–Kier alpha value is -2.80. The molecular weight excluding hydrogens is 276 g/mol. The van der Waals surface area contributed by atoms with Crippen molar-refractivity contribution in [3.8, 4) is 17.6 Å². The average molecular weight is 294 g/mol. The van der Waals surface area contributed by atoms with Crippen LogP contribution in [0.5, 0.6) is 11.5 Å². The molecule has 0 atom stereocenters. The van der Waals surface area contributed by atoms with E-state index in [4.69, 9.17) is 14.7 Å². The summed E-state index contributed by atoms with van der Waals surface area (Å²) in [5, 5.41) is 9.06. The standard InChI is InChI=1S/C18H18N2O2/c1-3-21-17-10-8-14(12-18(17)22-4-2)7-9-16-15(13-19)6-5-11-20-16/h5-12H,3-4H2,1-2H3/b9-7+. The number of aromatic nitrogens is 1. The third-order valence-corrected chi connectivity index (χ3v) is 2.96. The molecule has 0 N–H and O–H groups in total. The first-order valence-corrected chi connectivity index (χ1v) is 7.21. The van der Waals surface area contributed by atoms with Crippen molar-refractivity contribution in [3.63, 3.8) is 0 Å². The van der Waals surface area contributed by atoms with E-state index in [0.717, 1.165) is 11.3 Å². The molecule has 2 rings (SSSR count). The SMILES string of the molecule is CCOc1ccc(/C=C/c2ncccc2C#N)cc1OCC. The monoisotopic (exact) mass is 294 g/mol. The maximum absolute atomic E-state index is 9.06. The lowest BCUT2D eigenvalue weighted by Crippen LogP contribution is -1.98. The van der Waals surface area contributed by atoms with Gasteiger partial charge in [-0.05, 0) is 49.8 Å². The van der Waals surface area contributed by atoms with Gasteiger partial charge in [-0.25, -0.2) is 0 Å². The van der Waals surface area contributed by atoms with Crippen LogP contribution in [-0.2, 0) is 0 Å². The third kappa shape index (κ3) is 3.86. The molecule has 0 aliphatic heterocycles.